The van der Waals surface area contributed by atoms with Crippen LogP contribution in [0.15, 0.2) is 52.4 Å². The number of piperidine rings is 1. The minimum Gasteiger partial charge on any atom is -0.316 e. The maximum absolute atomic E-state index is 13.2. The van der Waals surface area contributed by atoms with Crippen molar-refractivity contribution in [2.45, 2.75) is 31.2 Å². The quantitative estimate of drug-likeness (QED) is 0.475. The average Bonchev–Trinajstić information content (AvgIpc) is 3.13. The Morgan fingerprint density at radius 1 is 1.24 bits per heavy atom. The topological polar surface area (TPSA) is 71.7 Å². The van der Waals surface area contributed by atoms with Gasteiger partial charge in [-0.15, -0.1) is 0 Å². The summed E-state index contributed by atoms with van der Waals surface area (Å²) in [4.78, 5) is 18.5. The predicted octanol–water partition coefficient (Wildman–Crippen LogP) is 4.56. The van der Waals surface area contributed by atoms with Crippen molar-refractivity contribution in [3.05, 3.63) is 57.9 Å². The normalized spacial score (nSPS) is 18.2. The molecular formula is C23H26ClN3O3S3. The van der Waals surface area contributed by atoms with Gasteiger partial charge in [-0.2, -0.15) is 21.1 Å². The van der Waals surface area contributed by atoms with Gasteiger partial charge < -0.3 is 4.57 Å². The summed E-state index contributed by atoms with van der Waals surface area (Å²) in [5.41, 5.74) is 2.00. The van der Waals surface area contributed by atoms with Crippen LogP contribution in [0.25, 0.3) is 10.2 Å². The van der Waals surface area contributed by atoms with Gasteiger partial charge in [0.2, 0.25) is 10.0 Å². The molecule has 1 aromatic heterocycles. The van der Waals surface area contributed by atoms with E-state index in [-0.39, 0.29) is 17.3 Å². The lowest BCUT2D eigenvalue weighted by Gasteiger charge is -2.30. The van der Waals surface area contributed by atoms with Crippen molar-refractivity contribution in [1.29, 1.82) is 0 Å². The highest BCUT2D eigenvalue weighted by Crippen LogP contribution is 2.26. The van der Waals surface area contributed by atoms with E-state index in [9.17, 15) is 13.2 Å². The summed E-state index contributed by atoms with van der Waals surface area (Å²) >= 11 is 9.33. The lowest BCUT2D eigenvalue weighted by atomic mass is 9.99. The molecule has 0 saturated carbocycles. The first-order valence-corrected chi connectivity index (χ1v) is 14.8. The van der Waals surface area contributed by atoms with Gasteiger partial charge in [-0.05, 0) is 56.4 Å². The Hall–Kier alpha value is -1.65. The van der Waals surface area contributed by atoms with E-state index in [0.29, 0.717) is 29.2 Å². The highest BCUT2D eigenvalue weighted by molar-refractivity contribution is 7.98. The third-order valence-electron chi connectivity index (χ3n) is 5.76. The number of aromatic nitrogens is 1. The van der Waals surface area contributed by atoms with Gasteiger partial charge in [0.15, 0.2) is 4.80 Å². The molecule has 1 unspecified atom stereocenters. The Balaban J connectivity index is 1.62. The van der Waals surface area contributed by atoms with E-state index in [1.54, 1.807) is 36.0 Å². The molecule has 0 aliphatic carbocycles. The number of carbonyl (C=O) groups is 1. The third kappa shape index (κ3) is 5.38. The van der Waals surface area contributed by atoms with Gasteiger partial charge >= 0.3 is 0 Å². The molecule has 1 atom stereocenters. The van der Waals surface area contributed by atoms with E-state index in [1.807, 2.05) is 35.9 Å². The number of hydrogen-bond acceptors (Lipinski definition) is 5. The monoisotopic (exact) mass is 523 g/mol. The summed E-state index contributed by atoms with van der Waals surface area (Å²) in [6.07, 6.45) is 3.30. The fourth-order valence-electron chi connectivity index (χ4n) is 3.94. The van der Waals surface area contributed by atoms with E-state index in [4.69, 9.17) is 11.6 Å². The van der Waals surface area contributed by atoms with E-state index in [2.05, 4.69) is 4.99 Å². The van der Waals surface area contributed by atoms with Gasteiger partial charge in [0.05, 0.1) is 21.0 Å². The summed E-state index contributed by atoms with van der Waals surface area (Å²) in [5.74, 6) is 0.165. The number of benzene rings is 2. The van der Waals surface area contributed by atoms with Crippen molar-refractivity contribution < 1.29 is 13.2 Å². The molecule has 1 amide bonds. The fourth-order valence-corrected chi connectivity index (χ4v) is 7.16. The molecule has 4 rings (SSSR count). The summed E-state index contributed by atoms with van der Waals surface area (Å²) in [6, 6.07) is 12.5. The number of halogens is 1. The SMILES string of the molecule is CSCCn1c(=NC(=O)C2CCCN(S(=O)(=O)c3ccc(C)cc3)C2)sc2cc(Cl)ccc21. The van der Waals surface area contributed by atoms with Gasteiger partial charge in [-0.1, -0.05) is 40.6 Å². The smallest absolute Gasteiger partial charge is 0.252 e. The average molecular weight is 524 g/mol. The Morgan fingerprint density at radius 3 is 2.73 bits per heavy atom. The van der Waals surface area contributed by atoms with Crippen molar-refractivity contribution >= 4 is 60.8 Å². The zero-order valence-corrected chi connectivity index (χ0v) is 21.7. The van der Waals surface area contributed by atoms with Crippen LogP contribution in [0.4, 0.5) is 0 Å². The molecule has 33 heavy (non-hydrogen) atoms. The fraction of sp³-hybridized carbons (Fsp3) is 0.391. The number of rotatable bonds is 6. The lowest BCUT2D eigenvalue weighted by molar-refractivity contribution is -0.122. The van der Waals surface area contributed by atoms with Gasteiger partial charge in [-0.25, -0.2) is 8.42 Å². The van der Waals surface area contributed by atoms with Crippen molar-refractivity contribution in [2.75, 3.05) is 25.1 Å². The molecule has 0 radical (unpaired) electrons. The molecular weight excluding hydrogens is 498 g/mol. The van der Waals surface area contributed by atoms with Crippen LogP contribution >= 0.6 is 34.7 Å². The molecule has 2 aromatic carbocycles. The number of fused-ring (bicyclic) bond motifs is 1. The van der Waals surface area contributed by atoms with Gasteiger partial charge in [0, 0.05) is 30.4 Å². The van der Waals surface area contributed by atoms with Crippen molar-refractivity contribution in [3.8, 4) is 0 Å². The minimum atomic E-state index is -3.64. The number of aryl methyl sites for hydroxylation is 2. The molecule has 0 bridgehead atoms. The minimum absolute atomic E-state index is 0.153. The van der Waals surface area contributed by atoms with Gasteiger partial charge in [0.1, 0.15) is 0 Å². The summed E-state index contributed by atoms with van der Waals surface area (Å²) in [7, 11) is -3.64. The van der Waals surface area contributed by atoms with Crippen molar-refractivity contribution in [1.82, 2.24) is 8.87 Å². The van der Waals surface area contributed by atoms with Gasteiger partial charge in [0.25, 0.3) is 5.91 Å². The number of nitrogens with zero attached hydrogens (tertiary/aromatic N) is 3. The van der Waals surface area contributed by atoms with Crippen molar-refractivity contribution in [3.63, 3.8) is 0 Å². The summed E-state index contributed by atoms with van der Waals surface area (Å²) in [5, 5.41) is 0.642. The standard InChI is InChI=1S/C23H26ClN3O3S3/c1-16-5-8-19(9-6-16)33(29,30)26-11-3-4-17(15-26)22(28)25-23-27(12-13-31-2)20-10-7-18(24)14-21(20)32-23/h5-10,14,17H,3-4,11-13,15H2,1-2H3. The Kier molecular flexibility index (Phi) is 7.65. The summed E-state index contributed by atoms with van der Waals surface area (Å²) < 4.78 is 30.7. The van der Waals surface area contributed by atoms with Crippen LogP contribution in [-0.4, -0.2) is 48.3 Å². The number of hydrogen-bond donors (Lipinski definition) is 0. The van der Waals surface area contributed by atoms with Crippen LogP contribution < -0.4 is 4.80 Å². The number of thioether (sulfide) groups is 1. The first-order chi connectivity index (χ1) is 15.8. The second kappa shape index (κ2) is 10.3. The molecule has 1 aliphatic rings. The molecule has 1 aliphatic heterocycles. The van der Waals surface area contributed by atoms with Gasteiger partial charge in [-0.3, -0.25) is 4.79 Å². The maximum atomic E-state index is 13.2. The zero-order valence-electron chi connectivity index (χ0n) is 18.5. The first-order valence-electron chi connectivity index (χ1n) is 10.7. The predicted molar refractivity (Wildman–Crippen MR) is 136 cm³/mol. The lowest BCUT2D eigenvalue weighted by Crippen LogP contribution is -2.42. The molecule has 0 N–H and O–H groups in total. The molecule has 3 aromatic rings. The highest BCUT2D eigenvalue weighted by Gasteiger charge is 2.33. The van der Waals surface area contributed by atoms with Crippen LogP contribution in [0.3, 0.4) is 0 Å². The molecule has 6 nitrogen and oxygen atoms in total. The largest absolute Gasteiger partial charge is 0.316 e. The third-order valence-corrected chi connectivity index (χ3v) is 9.51. The molecule has 176 valence electrons. The number of sulfonamides is 1. The molecule has 1 saturated heterocycles. The molecule has 1 fully saturated rings. The van der Waals surface area contributed by atoms with E-state index < -0.39 is 15.9 Å². The Labute approximate surface area is 207 Å². The second-order valence-corrected chi connectivity index (χ2v) is 12.5. The number of amides is 1. The van der Waals surface area contributed by atoms with Crippen LogP contribution in [0.2, 0.25) is 5.02 Å². The van der Waals surface area contributed by atoms with Crippen LogP contribution in [0, 0.1) is 12.8 Å². The molecule has 2 heterocycles. The van der Waals surface area contributed by atoms with E-state index in [1.165, 1.54) is 15.6 Å². The Bertz CT molecular complexity index is 1330. The van der Waals surface area contributed by atoms with Crippen LogP contribution in [0.5, 0.6) is 0 Å². The number of thiazole rings is 1. The van der Waals surface area contributed by atoms with Crippen molar-refractivity contribution in [2.24, 2.45) is 10.9 Å². The van der Waals surface area contributed by atoms with E-state index >= 15 is 0 Å². The summed E-state index contributed by atoms with van der Waals surface area (Å²) in [6.45, 7) is 3.21. The van der Waals surface area contributed by atoms with Crippen LogP contribution in [0.1, 0.15) is 18.4 Å². The highest BCUT2D eigenvalue weighted by atomic mass is 35.5. The van der Waals surface area contributed by atoms with E-state index in [0.717, 1.165) is 28.1 Å². The zero-order chi connectivity index (χ0) is 23.6. The second-order valence-electron chi connectivity index (χ2n) is 8.11. The van der Waals surface area contributed by atoms with Crippen LogP contribution in [-0.2, 0) is 21.4 Å². The maximum Gasteiger partial charge on any atom is 0.252 e. The first kappa shape index (κ1) is 24.5. The molecule has 10 heteroatoms. The number of carbonyl (C=O) groups excluding carboxylic acids is 1. The Morgan fingerprint density at radius 2 is 2.00 bits per heavy atom. The molecule has 0 spiro atoms.